The molecule has 0 saturated carbocycles. The fraction of sp³-hybridized carbons (Fsp3) is 0.650. The molecule has 1 aromatic carbocycles. The number of anilines is 1. The highest BCUT2D eigenvalue weighted by molar-refractivity contribution is 7.90. The summed E-state index contributed by atoms with van der Waals surface area (Å²) in [6, 6.07) is 1.65. The molecule has 2 N–H and O–H groups in total. The minimum absolute atomic E-state index is 0.266. The van der Waals surface area contributed by atoms with Gasteiger partial charge in [-0.15, -0.1) is 0 Å². The minimum atomic E-state index is -3.69. The molecule has 5 rings (SSSR count). The van der Waals surface area contributed by atoms with Crippen LogP contribution in [0.1, 0.15) is 48.4 Å². The zero-order valence-electron chi connectivity index (χ0n) is 16.7. The predicted octanol–water partition coefficient (Wildman–Crippen LogP) is 2.37. The fourth-order valence-corrected chi connectivity index (χ4v) is 6.07. The van der Waals surface area contributed by atoms with Crippen LogP contribution in [0.3, 0.4) is 0 Å². The number of carbonyl (C=O) groups is 1. The van der Waals surface area contributed by atoms with E-state index >= 15 is 0 Å². The van der Waals surface area contributed by atoms with Crippen LogP contribution in [-0.4, -0.2) is 49.9 Å². The Balaban J connectivity index is 1.20. The Morgan fingerprint density at radius 2 is 1.76 bits per heavy atom. The van der Waals surface area contributed by atoms with Crippen LogP contribution in [-0.2, 0) is 35.7 Å². The Hall–Kier alpha value is -2.00. The van der Waals surface area contributed by atoms with E-state index in [2.05, 4.69) is 31.2 Å². The number of nitrogens with one attached hydrogen (secondary N) is 2. The van der Waals surface area contributed by atoms with E-state index in [1.807, 2.05) is 6.92 Å². The molecule has 1 saturated heterocycles. The summed E-state index contributed by atoms with van der Waals surface area (Å²) in [5.41, 5.74) is 5.59. The summed E-state index contributed by atoms with van der Waals surface area (Å²) >= 11 is 0. The van der Waals surface area contributed by atoms with E-state index in [1.54, 1.807) is 0 Å². The molecule has 0 radical (unpaired) electrons. The Kier molecular flexibility index (Phi) is 4.43. The lowest BCUT2D eigenvalue weighted by atomic mass is 9.99. The van der Waals surface area contributed by atoms with Gasteiger partial charge >= 0.3 is 6.03 Å². The predicted molar refractivity (Wildman–Crippen MR) is 110 cm³/mol. The van der Waals surface area contributed by atoms with E-state index in [-0.39, 0.29) is 5.66 Å². The van der Waals surface area contributed by atoms with E-state index in [4.69, 9.17) is 0 Å². The van der Waals surface area contributed by atoms with Gasteiger partial charge in [-0.3, -0.25) is 0 Å². The summed E-state index contributed by atoms with van der Waals surface area (Å²) < 4.78 is 27.5. The highest BCUT2D eigenvalue weighted by Gasteiger charge is 2.41. The molecule has 9 heteroatoms. The second kappa shape index (κ2) is 6.77. The summed E-state index contributed by atoms with van der Waals surface area (Å²) in [5, 5.41) is 10.3. The van der Waals surface area contributed by atoms with E-state index in [0.717, 1.165) is 57.2 Å². The van der Waals surface area contributed by atoms with Crippen molar-refractivity contribution in [3.05, 3.63) is 28.3 Å². The minimum Gasteiger partial charge on any atom is -0.307 e. The summed E-state index contributed by atoms with van der Waals surface area (Å²) in [6.07, 6.45) is 6.94. The van der Waals surface area contributed by atoms with Crippen molar-refractivity contribution in [3.8, 4) is 0 Å². The van der Waals surface area contributed by atoms with Crippen LogP contribution in [0.15, 0.2) is 16.3 Å². The molecule has 0 unspecified atom stereocenters. The highest BCUT2D eigenvalue weighted by atomic mass is 32.2. The number of carbonyl (C=O) groups excluding carboxylic acids is 1. The molecule has 2 aliphatic carbocycles. The van der Waals surface area contributed by atoms with Crippen LogP contribution < -0.4 is 10.0 Å². The van der Waals surface area contributed by atoms with Crippen molar-refractivity contribution >= 4 is 21.7 Å². The van der Waals surface area contributed by atoms with Crippen molar-refractivity contribution in [1.82, 2.24) is 9.62 Å². The summed E-state index contributed by atoms with van der Waals surface area (Å²) in [5.74, 6) is 0. The zero-order valence-corrected chi connectivity index (χ0v) is 17.5. The number of hydrogen-bond acceptors (Lipinski definition) is 6. The third kappa shape index (κ3) is 3.66. The quantitative estimate of drug-likeness (QED) is 0.742. The van der Waals surface area contributed by atoms with E-state index in [1.165, 1.54) is 22.3 Å². The number of fused-ring (bicyclic) bond motifs is 2. The monoisotopic (exact) mass is 417 g/mol. The van der Waals surface area contributed by atoms with Crippen LogP contribution in [0.2, 0.25) is 0 Å². The normalized spacial score (nSPS) is 22.1. The first-order chi connectivity index (χ1) is 13.8. The van der Waals surface area contributed by atoms with Crippen molar-refractivity contribution < 1.29 is 13.2 Å². The maximum atomic E-state index is 12.6. The van der Waals surface area contributed by atoms with Crippen LogP contribution in [0.4, 0.5) is 10.5 Å². The van der Waals surface area contributed by atoms with Gasteiger partial charge in [0.25, 0.3) is 0 Å². The van der Waals surface area contributed by atoms with Gasteiger partial charge in [-0.25, -0.2) is 17.9 Å². The lowest BCUT2D eigenvalue weighted by Gasteiger charge is -2.38. The molecule has 0 atom stereocenters. The van der Waals surface area contributed by atoms with Gasteiger partial charge in [0, 0.05) is 31.7 Å². The molecule has 2 heterocycles. The Bertz CT molecular complexity index is 960. The maximum Gasteiger partial charge on any atom is 0.332 e. The van der Waals surface area contributed by atoms with Gasteiger partial charge in [0.1, 0.15) is 5.25 Å². The smallest absolute Gasteiger partial charge is 0.307 e. The average molecular weight is 418 g/mol. The molecular formula is C20H27N5O3S. The summed E-state index contributed by atoms with van der Waals surface area (Å²) in [6.45, 7) is 3.61. The number of hydrogen-bond donors (Lipinski definition) is 2. The summed E-state index contributed by atoms with van der Waals surface area (Å²) in [4.78, 5) is 14.6. The lowest BCUT2D eigenvalue weighted by molar-refractivity contribution is 0.175. The number of rotatable bonds is 6. The van der Waals surface area contributed by atoms with Crippen molar-refractivity contribution in [1.29, 1.82) is 0 Å². The molecule has 0 bridgehead atoms. The molecule has 0 aromatic heterocycles. The van der Waals surface area contributed by atoms with Gasteiger partial charge in [0.05, 0.1) is 0 Å². The van der Waals surface area contributed by atoms with E-state index < -0.39 is 21.3 Å². The van der Waals surface area contributed by atoms with Gasteiger partial charge in [-0.05, 0) is 67.7 Å². The van der Waals surface area contributed by atoms with Gasteiger partial charge in [-0.2, -0.15) is 10.2 Å². The first kappa shape index (κ1) is 19.0. The molecule has 2 aliphatic heterocycles. The van der Waals surface area contributed by atoms with Gasteiger partial charge in [0.15, 0.2) is 5.66 Å². The Morgan fingerprint density at radius 3 is 2.34 bits per heavy atom. The van der Waals surface area contributed by atoms with Crippen LogP contribution in [0.25, 0.3) is 0 Å². The largest absolute Gasteiger partial charge is 0.332 e. The van der Waals surface area contributed by atoms with Crippen molar-refractivity contribution in [2.45, 2.75) is 62.8 Å². The standard InChI is InChI=1S/C20H27N5O3S/c1-20(23-24-20)8-9-25-11-15(12-25)29(27,28)22-19(26)21-18-16-6-2-4-13(16)10-14-5-3-7-17(14)18/h10,15H,2-9,11-12H2,1H3,(H2,21,22,26). The third-order valence-corrected chi connectivity index (χ3v) is 8.30. The molecule has 4 aliphatic rings. The third-order valence-electron chi connectivity index (χ3n) is 6.65. The van der Waals surface area contributed by atoms with Crippen molar-refractivity contribution in [2.75, 3.05) is 25.0 Å². The fourth-order valence-electron chi connectivity index (χ4n) is 4.78. The number of urea groups is 1. The molecule has 29 heavy (non-hydrogen) atoms. The molecule has 0 spiro atoms. The Labute approximate surface area is 171 Å². The first-order valence-corrected chi connectivity index (χ1v) is 12.0. The number of sulfonamides is 1. The lowest BCUT2D eigenvalue weighted by Crippen LogP contribution is -2.58. The van der Waals surface area contributed by atoms with Gasteiger partial charge < -0.3 is 10.2 Å². The summed E-state index contributed by atoms with van der Waals surface area (Å²) in [7, 11) is -3.69. The van der Waals surface area contributed by atoms with E-state index in [0.29, 0.717) is 13.1 Å². The molecular weight excluding hydrogens is 390 g/mol. The Morgan fingerprint density at radius 1 is 1.14 bits per heavy atom. The number of amides is 2. The van der Waals surface area contributed by atoms with Crippen LogP contribution in [0, 0.1) is 0 Å². The van der Waals surface area contributed by atoms with Crippen LogP contribution in [0.5, 0.6) is 0 Å². The van der Waals surface area contributed by atoms with Crippen molar-refractivity contribution in [3.63, 3.8) is 0 Å². The molecule has 2 amide bonds. The van der Waals surface area contributed by atoms with Gasteiger partial charge in [0.2, 0.25) is 10.0 Å². The SMILES string of the molecule is CC1(CCN2CC(S(=O)(=O)NC(=O)Nc3c4c(cc5c3CCC5)CCC4)C2)N=N1. The number of aryl methyl sites for hydroxylation is 2. The molecule has 1 fully saturated rings. The maximum absolute atomic E-state index is 12.6. The average Bonchev–Trinajstić information content (AvgIpc) is 3.02. The number of benzene rings is 1. The van der Waals surface area contributed by atoms with Crippen LogP contribution >= 0.6 is 0 Å². The molecule has 1 aromatic rings. The first-order valence-electron chi connectivity index (χ1n) is 10.5. The highest BCUT2D eigenvalue weighted by Crippen LogP contribution is 2.38. The topological polar surface area (TPSA) is 103 Å². The zero-order chi connectivity index (χ0) is 20.2. The second-order valence-electron chi connectivity index (χ2n) is 8.88. The van der Waals surface area contributed by atoms with Gasteiger partial charge in [-0.1, -0.05) is 6.07 Å². The van der Waals surface area contributed by atoms with E-state index in [9.17, 15) is 13.2 Å². The molecule has 156 valence electrons. The second-order valence-corrected chi connectivity index (χ2v) is 10.8. The number of likely N-dealkylation sites (tertiary alicyclic amines) is 1. The van der Waals surface area contributed by atoms with Crippen molar-refractivity contribution in [2.24, 2.45) is 10.2 Å². The number of nitrogens with zero attached hydrogens (tertiary/aromatic N) is 3. The molecule has 8 nitrogen and oxygen atoms in total.